The van der Waals surface area contributed by atoms with E-state index in [2.05, 4.69) is 10.2 Å². The summed E-state index contributed by atoms with van der Waals surface area (Å²) in [5.74, 6) is -0.0752. The summed E-state index contributed by atoms with van der Waals surface area (Å²) in [4.78, 5) is 0. The second kappa shape index (κ2) is 3.05. The maximum absolute atomic E-state index is 9.31. The molecule has 0 spiro atoms. The van der Waals surface area contributed by atoms with E-state index in [4.69, 9.17) is 0 Å². The lowest BCUT2D eigenvalue weighted by atomic mass is 10.3. The van der Waals surface area contributed by atoms with Crippen LogP contribution in [0.2, 0.25) is 0 Å². The van der Waals surface area contributed by atoms with Crippen LogP contribution in [0.3, 0.4) is 0 Å². The highest BCUT2D eigenvalue weighted by Crippen LogP contribution is 2.36. The molecule has 0 atom stereocenters. The Balaban J connectivity index is 2.26. The van der Waals surface area contributed by atoms with Gasteiger partial charge in [-0.25, -0.2) is 0 Å². The van der Waals surface area contributed by atoms with Crippen molar-refractivity contribution in [2.75, 3.05) is 0 Å². The molecule has 4 heteroatoms. The van der Waals surface area contributed by atoms with Crippen molar-refractivity contribution in [3.8, 4) is 11.5 Å². The summed E-state index contributed by atoms with van der Waals surface area (Å²) in [6, 6.07) is 4.79. The van der Waals surface area contributed by atoms with Gasteiger partial charge < -0.3 is 10.2 Å². The van der Waals surface area contributed by atoms with Crippen molar-refractivity contribution in [2.45, 2.75) is 18.9 Å². The van der Waals surface area contributed by atoms with Crippen molar-refractivity contribution in [1.82, 2.24) is 0 Å². The van der Waals surface area contributed by atoms with Crippen LogP contribution in [-0.4, -0.2) is 16.3 Å². The van der Waals surface area contributed by atoms with Crippen LogP contribution >= 0.6 is 0 Å². The number of aromatic hydroxyl groups is 2. The van der Waals surface area contributed by atoms with E-state index in [0.717, 1.165) is 12.8 Å². The van der Waals surface area contributed by atoms with Gasteiger partial charge >= 0.3 is 0 Å². The van der Waals surface area contributed by atoms with E-state index in [1.807, 2.05) is 0 Å². The van der Waals surface area contributed by atoms with Gasteiger partial charge in [-0.1, -0.05) is 6.07 Å². The molecule has 1 saturated carbocycles. The Labute approximate surface area is 75.6 Å². The molecule has 0 bridgehead atoms. The van der Waals surface area contributed by atoms with E-state index in [-0.39, 0.29) is 17.2 Å². The van der Waals surface area contributed by atoms with Crippen LogP contribution in [0.5, 0.6) is 11.5 Å². The number of benzene rings is 1. The van der Waals surface area contributed by atoms with Gasteiger partial charge in [0.25, 0.3) is 0 Å². The normalized spacial score (nSPS) is 16.6. The fraction of sp³-hybridized carbons (Fsp3) is 0.333. The van der Waals surface area contributed by atoms with E-state index >= 15 is 0 Å². The first-order valence-corrected chi connectivity index (χ1v) is 4.19. The Morgan fingerprint density at radius 1 is 1.15 bits per heavy atom. The maximum Gasteiger partial charge on any atom is 0.168 e. The summed E-state index contributed by atoms with van der Waals surface area (Å²) in [6.45, 7) is 0. The summed E-state index contributed by atoms with van der Waals surface area (Å²) in [7, 11) is 0. The molecule has 0 unspecified atom stereocenters. The quantitative estimate of drug-likeness (QED) is 0.682. The Kier molecular flexibility index (Phi) is 1.88. The highest BCUT2D eigenvalue weighted by molar-refractivity contribution is 5.59. The van der Waals surface area contributed by atoms with Gasteiger partial charge in [0.2, 0.25) is 0 Å². The number of nitrogens with zero attached hydrogens (tertiary/aromatic N) is 2. The number of azo groups is 1. The van der Waals surface area contributed by atoms with Crippen LogP contribution in [0.25, 0.3) is 0 Å². The summed E-state index contributed by atoms with van der Waals surface area (Å²) in [5, 5.41) is 26.3. The lowest BCUT2D eigenvalue weighted by Gasteiger charge is -1.98. The SMILES string of the molecule is Oc1cccc(O)c1N=NC1CC1. The summed E-state index contributed by atoms with van der Waals surface area (Å²) >= 11 is 0. The van der Waals surface area contributed by atoms with Crippen LogP contribution in [-0.2, 0) is 0 Å². The van der Waals surface area contributed by atoms with E-state index in [1.165, 1.54) is 12.1 Å². The van der Waals surface area contributed by atoms with Crippen molar-refractivity contribution >= 4 is 5.69 Å². The van der Waals surface area contributed by atoms with E-state index < -0.39 is 0 Å². The molecule has 0 amide bonds. The molecule has 2 rings (SSSR count). The molecule has 4 nitrogen and oxygen atoms in total. The molecule has 2 N–H and O–H groups in total. The monoisotopic (exact) mass is 178 g/mol. The van der Waals surface area contributed by atoms with Crippen molar-refractivity contribution < 1.29 is 10.2 Å². The van der Waals surface area contributed by atoms with Gasteiger partial charge in [-0.15, -0.1) is 5.11 Å². The molecule has 68 valence electrons. The minimum absolute atomic E-state index is 0.0376. The first-order chi connectivity index (χ1) is 6.27. The Morgan fingerprint density at radius 3 is 2.31 bits per heavy atom. The summed E-state index contributed by atoms with van der Waals surface area (Å²) in [5.41, 5.74) is 0.161. The second-order valence-corrected chi connectivity index (χ2v) is 3.09. The second-order valence-electron chi connectivity index (χ2n) is 3.09. The van der Waals surface area contributed by atoms with Crippen LogP contribution in [0, 0.1) is 0 Å². The molecular formula is C9H10N2O2. The average molecular weight is 178 g/mol. The molecule has 1 aromatic rings. The zero-order valence-electron chi connectivity index (χ0n) is 7.01. The first-order valence-electron chi connectivity index (χ1n) is 4.19. The molecule has 0 heterocycles. The van der Waals surface area contributed by atoms with Crippen molar-refractivity contribution in [3.63, 3.8) is 0 Å². The van der Waals surface area contributed by atoms with Gasteiger partial charge in [0.1, 0.15) is 11.5 Å². The third-order valence-corrected chi connectivity index (χ3v) is 1.86. The van der Waals surface area contributed by atoms with Crippen molar-refractivity contribution in [1.29, 1.82) is 0 Å². The molecule has 0 aromatic heterocycles. The van der Waals surface area contributed by atoms with Crippen LogP contribution in [0.4, 0.5) is 5.69 Å². The summed E-state index contributed by atoms with van der Waals surface area (Å²) in [6.07, 6.45) is 2.11. The van der Waals surface area contributed by atoms with Crippen LogP contribution in [0.1, 0.15) is 12.8 Å². The van der Waals surface area contributed by atoms with Crippen molar-refractivity contribution in [2.24, 2.45) is 10.2 Å². The smallest absolute Gasteiger partial charge is 0.168 e. The fourth-order valence-corrected chi connectivity index (χ4v) is 0.951. The number of rotatable bonds is 2. The van der Waals surface area contributed by atoms with Crippen LogP contribution < -0.4 is 0 Å². The first kappa shape index (κ1) is 8.04. The van der Waals surface area contributed by atoms with E-state index in [1.54, 1.807) is 6.07 Å². The molecule has 1 fully saturated rings. The number of hydrogen-bond acceptors (Lipinski definition) is 4. The molecule has 0 saturated heterocycles. The van der Waals surface area contributed by atoms with E-state index in [0.29, 0.717) is 6.04 Å². The number of phenols is 2. The predicted octanol–water partition coefficient (Wildman–Crippen LogP) is 2.34. The highest BCUT2D eigenvalue weighted by atomic mass is 16.3. The van der Waals surface area contributed by atoms with Gasteiger partial charge in [0, 0.05) is 0 Å². The zero-order valence-corrected chi connectivity index (χ0v) is 7.01. The predicted molar refractivity (Wildman–Crippen MR) is 47.3 cm³/mol. The largest absolute Gasteiger partial charge is 0.505 e. The minimum Gasteiger partial charge on any atom is -0.505 e. The molecule has 13 heavy (non-hydrogen) atoms. The van der Waals surface area contributed by atoms with Gasteiger partial charge in [-0.3, -0.25) is 0 Å². The Morgan fingerprint density at radius 2 is 1.77 bits per heavy atom. The number of phenolic OH excluding ortho intramolecular Hbond substituents is 2. The van der Waals surface area contributed by atoms with Crippen molar-refractivity contribution in [3.05, 3.63) is 18.2 Å². The molecule has 1 aromatic carbocycles. The third kappa shape index (κ3) is 1.77. The lowest BCUT2D eigenvalue weighted by Crippen LogP contribution is -1.72. The van der Waals surface area contributed by atoms with Gasteiger partial charge in [0.05, 0.1) is 6.04 Å². The molecule has 1 aliphatic rings. The topological polar surface area (TPSA) is 65.2 Å². The Bertz CT molecular complexity index is 325. The third-order valence-electron chi connectivity index (χ3n) is 1.86. The standard InChI is InChI=1S/C9H10N2O2/c12-7-2-1-3-8(13)9(7)11-10-6-4-5-6/h1-3,6,12-13H,4-5H2. The van der Waals surface area contributed by atoms with Gasteiger partial charge in [0.15, 0.2) is 5.69 Å². The minimum atomic E-state index is -0.0376. The van der Waals surface area contributed by atoms with Crippen LogP contribution in [0.15, 0.2) is 28.4 Å². The van der Waals surface area contributed by atoms with E-state index in [9.17, 15) is 10.2 Å². The summed E-state index contributed by atoms with van der Waals surface area (Å²) < 4.78 is 0. The fourth-order valence-electron chi connectivity index (χ4n) is 0.951. The molecule has 1 aliphatic carbocycles. The molecule has 0 radical (unpaired) electrons. The maximum atomic E-state index is 9.31. The number of hydrogen-bond donors (Lipinski definition) is 2. The molecule has 0 aliphatic heterocycles. The average Bonchev–Trinajstić information content (AvgIpc) is 2.87. The molecular weight excluding hydrogens is 168 g/mol. The zero-order chi connectivity index (χ0) is 9.26. The van der Waals surface area contributed by atoms with Gasteiger partial charge in [-0.2, -0.15) is 5.11 Å². The highest BCUT2D eigenvalue weighted by Gasteiger charge is 2.20. The Hall–Kier alpha value is -1.58. The lowest BCUT2D eigenvalue weighted by molar-refractivity contribution is 0.452. The van der Waals surface area contributed by atoms with Gasteiger partial charge in [-0.05, 0) is 25.0 Å².